The van der Waals surface area contributed by atoms with E-state index >= 15 is 4.39 Å². The molecule has 1 saturated heterocycles. The van der Waals surface area contributed by atoms with Crippen LogP contribution in [0.15, 0.2) is 59.1 Å². The van der Waals surface area contributed by atoms with E-state index in [1.54, 1.807) is 18.2 Å². The van der Waals surface area contributed by atoms with Gasteiger partial charge in [-0.15, -0.1) is 0 Å². The molecule has 4 atom stereocenters. The Bertz CT molecular complexity index is 1710. The third-order valence-corrected chi connectivity index (χ3v) is 9.00. The van der Waals surface area contributed by atoms with Crippen molar-refractivity contribution in [2.45, 2.75) is 50.6 Å². The third-order valence-electron chi connectivity index (χ3n) is 8.22. The summed E-state index contributed by atoms with van der Waals surface area (Å²) < 4.78 is 16.7. The second-order valence-electron chi connectivity index (χ2n) is 12.1. The molecule has 0 bridgehead atoms. The molecule has 12 heteroatoms. The number of aliphatic carboxylic acids is 1. The zero-order chi connectivity index (χ0) is 31.6. The highest BCUT2D eigenvalue weighted by molar-refractivity contribution is 9.10. The predicted molar refractivity (Wildman–Crippen MR) is 164 cm³/mol. The van der Waals surface area contributed by atoms with Crippen LogP contribution in [-0.4, -0.2) is 40.9 Å². The Morgan fingerprint density at radius 1 is 1.09 bits per heavy atom. The number of rotatable bonds is 6. The molecule has 3 amide bonds. The number of nitrogens with zero attached hydrogens (tertiary/aromatic N) is 1. The standard InChI is InChI=1S/C31H29BrClFN4O5/c1-30(2,3)13-22-31(18-10-8-15(32)12-20(18)37-29(31)43)23(17-5-4-6-19(33)24(17)34)25(28(41)42)38(22)21-11-14(26(35)39)7-9-16(21)27(36)40/h4-12,22-23,25H,13H2,1-3H3,(H2,35,39)(H2,36,40)(H,37,43)(H,41,42)/t22-,23-,25+,31?/m0/s1. The fraction of sp³-hybridized carbons (Fsp3) is 0.290. The molecule has 5 rings (SSSR count). The van der Waals surface area contributed by atoms with Crippen molar-refractivity contribution in [1.29, 1.82) is 0 Å². The Hall–Kier alpha value is -3.96. The van der Waals surface area contributed by atoms with Crippen molar-refractivity contribution in [2.24, 2.45) is 16.9 Å². The Morgan fingerprint density at radius 3 is 2.40 bits per heavy atom. The van der Waals surface area contributed by atoms with Gasteiger partial charge >= 0.3 is 5.97 Å². The topological polar surface area (TPSA) is 156 Å². The van der Waals surface area contributed by atoms with E-state index in [2.05, 4.69) is 21.2 Å². The zero-order valence-corrected chi connectivity index (χ0v) is 25.8. The normalized spacial score (nSPS) is 22.9. The monoisotopic (exact) mass is 670 g/mol. The van der Waals surface area contributed by atoms with Crippen molar-refractivity contribution >= 4 is 62.6 Å². The van der Waals surface area contributed by atoms with Crippen LogP contribution in [0.2, 0.25) is 5.02 Å². The number of nitrogens with two attached hydrogens (primary N) is 2. The predicted octanol–water partition coefficient (Wildman–Crippen LogP) is 5.19. The maximum atomic E-state index is 16.0. The van der Waals surface area contributed by atoms with Crippen molar-refractivity contribution in [2.75, 3.05) is 10.2 Å². The van der Waals surface area contributed by atoms with Gasteiger partial charge in [0.2, 0.25) is 11.8 Å². The zero-order valence-electron chi connectivity index (χ0n) is 23.5. The first-order valence-electron chi connectivity index (χ1n) is 13.4. The van der Waals surface area contributed by atoms with Gasteiger partial charge in [0.05, 0.1) is 16.3 Å². The molecule has 3 aromatic carbocycles. The maximum absolute atomic E-state index is 16.0. The van der Waals surface area contributed by atoms with Gasteiger partial charge < -0.3 is 26.8 Å². The van der Waals surface area contributed by atoms with Crippen LogP contribution in [0.25, 0.3) is 0 Å². The SMILES string of the molecule is CC(C)(C)C[C@@H]1N(c2cc(C(N)=O)ccc2C(N)=O)[C@@H](C(=O)O)[C@H](c2cccc(Cl)c2F)C12C(=O)Nc1cc(Br)ccc12. The lowest BCUT2D eigenvalue weighted by Crippen LogP contribution is -2.51. The largest absolute Gasteiger partial charge is 0.480 e. The fourth-order valence-corrected chi connectivity index (χ4v) is 7.24. The Labute approximate surface area is 260 Å². The van der Waals surface area contributed by atoms with Crippen LogP contribution in [-0.2, 0) is 15.0 Å². The summed E-state index contributed by atoms with van der Waals surface area (Å²) >= 11 is 9.66. The molecule has 0 aliphatic carbocycles. The van der Waals surface area contributed by atoms with Crippen LogP contribution < -0.4 is 21.7 Å². The van der Waals surface area contributed by atoms with E-state index in [-0.39, 0.29) is 33.8 Å². The van der Waals surface area contributed by atoms with Gasteiger partial charge in [0.25, 0.3) is 5.91 Å². The number of primary amides is 2. The summed E-state index contributed by atoms with van der Waals surface area (Å²) in [4.78, 5) is 54.4. The van der Waals surface area contributed by atoms with E-state index < -0.39 is 58.3 Å². The van der Waals surface area contributed by atoms with Gasteiger partial charge in [-0.3, -0.25) is 14.4 Å². The molecule has 0 aromatic heterocycles. The number of hydrogen-bond acceptors (Lipinski definition) is 5. The van der Waals surface area contributed by atoms with Crippen molar-refractivity contribution < 1.29 is 28.7 Å². The Morgan fingerprint density at radius 2 is 1.79 bits per heavy atom. The maximum Gasteiger partial charge on any atom is 0.327 e. The molecule has 2 aliphatic heterocycles. The van der Waals surface area contributed by atoms with Gasteiger partial charge in [-0.05, 0) is 59.4 Å². The van der Waals surface area contributed by atoms with Crippen molar-refractivity contribution in [3.05, 3.63) is 92.2 Å². The smallest absolute Gasteiger partial charge is 0.327 e. The van der Waals surface area contributed by atoms with Gasteiger partial charge in [0.15, 0.2) is 0 Å². The van der Waals surface area contributed by atoms with Gasteiger partial charge in [0.1, 0.15) is 17.3 Å². The number of anilines is 2. The minimum Gasteiger partial charge on any atom is -0.480 e. The molecule has 0 saturated carbocycles. The van der Waals surface area contributed by atoms with E-state index in [4.69, 9.17) is 23.1 Å². The molecule has 3 aromatic rings. The van der Waals surface area contributed by atoms with E-state index in [1.807, 2.05) is 20.8 Å². The highest BCUT2D eigenvalue weighted by Gasteiger charge is 2.69. The molecule has 0 radical (unpaired) electrons. The first-order valence-corrected chi connectivity index (χ1v) is 14.6. The van der Waals surface area contributed by atoms with Crippen molar-refractivity contribution in [3.63, 3.8) is 0 Å². The minimum atomic E-state index is -1.70. The number of hydrogen-bond donors (Lipinski definition) is 4. The molecule has 1 unspecified atom stereocenters. The highest BCUT2D eigenvalue weighted by atomic mass is 79.9. The number of carbonyl (C=O) groups is 4. The van der Waals surface area contributed by atoms with E-state index in [0.717, 1.165) is 0 Å². The molecule has 224 valence electrons. The molecule has 2 aliphatic rings. The summed E-state index contributed by atoms with van der Waals surface area (Å²) in [6, 6.07) is 10.7. The van der Waals surface area contributed by atoms with Gasteiger partial charge in [-0.1, -0.05) is 66.5 Å². The molecule has 6 N–H and O–H groups in total. The third kappa shape index (κ3) is 4.84. The van der Waals surface area contributed by atoms with Crippen LogP contribution in [0.4, 0.5) is 15.8 Å². The second-order valence-corrected chi connectivity index (χ2v) is 13.4. The first kappa shape index (κ1) is 30.5. The Balaban J connectivity index is 1.98. The Kier molecular flexibility index (Phi) is 7.55. The summed E-state index contributed by atoms with van der Waals surface area (Å²) in [5.74, 6) is -5.86. The molecule has 43 heavy (non-hydrogen) atoms. The van der Waals surface area contributed by atoms with Crippen molar-refractivity contribution in [1.82, 2.24) is 0 Å². The fourth-order valence-electron chi connectivity index (χ4n) is 6.70. The number of halogens is 3. The summed E-state index contributed by atoms with van der Waals surface area (Å²) in [7, 11) is 0. The number of carboxylic acids is 1. The van der Waals surface area contributed by atoms with Crippen molar-refractivity contribution in [3.8, 4) is 0 Å². The van der Waals surface area contributed by atoms with Gasteiger partial charge in [-0.25, -0.2) is 9.18 Å². The number of amides is 3. The molecule has 1 fully saturated rings. The van der Waals surface area contributed by atoms with E-state index in [0.29, 0.717) is 15.7 Å². The molecule has 9 nitrogen and oxygen atoms in total. The lowest BCUT2D eigenvalue weighted by molar-refractivity contribution is -0.139. The highest BCUT2D eigenvalue weighted by Crippen LogP contribution is 2.61. The van der Waals surface area contributed by atoms with Crippen LogP contribution >= 0.6 is 27.5 Å². The van der Waals surface area contributed by atoms with E-state index in [1.165, 1.54) is 41.3 Å². The number of carbonyl (C=O) groups excluding carboxylic acids is 3. The summed E-state index contributed by atoms with van der Waals surface area (Å²) in [6.45, 7) is 5.77. The average molecular weight is 672 g/mol. The van der Waals surface area contributed by atoms with Gasteiger partial charge in [-0.2, -0.15) is 0 Å². The number of carboxylic acid groups (broad SMARTS) is 1. The summed E-state index contributed by atoms with van der Waals surface area (Å²) in [5, 5.41) is 13.6. The molecule has 1 spiro atoms. The lowest BCUT2D eigenvalue weighted by atomic mass is 9.62. The first-order chi connectivity index (χ1) is 20.1. The number of nitrogens with one attached hydrogen (secondary N) is 1. The number of fused-ring (bicyclic) bond motifs is 2. The van der Waals surface area contributed by atoms with Crippen LogP contribution in [0, 0.1) is 11.2 Å². The van der Waals surface area contributed by atoms with Crippen LogP contribution in [0.5, 0.6) is 0 Å². The summed E-state index contributed by atoms with van der Waals surface area (Å²) in [5.41, 5.74) is 9.83. The molecule has 2 heterocycles. The van der Waals surface area contributed by atoms with Crippen LogP contribution in [0.1, 0.15) is 65.0 Å². The molecular formula is C31H29BrClFN4O5. The van der Waals surface area contributed by atoms with E-state index in [9.17, 15) is 24.3 Å². The van der Waals surface area contributed by atoms with Gasteiger partial charge in [0, 0.05) is 27.7 Å². The lowest BCUT2D eigenvalue weighted by Gasteiger charge is -2.40. The number of benzene rings is 3. The minimum absolute atomic E-state index is 0.00637. The summed E-state index contributed by atoms with van der Waals surface area (Å²) in [6.07, 6.45) is 0.206. The average Bonchev–Trinajstić information content (AvgIpc) is 3.35. The second kappa shape index (κ2) is 10.6. The van der Waals surface area contributed by atoms with Crippen LogP contribution in [0.3, 0.4) is 0 Å². The quantitative estimate of drug-likeness (QED) is 0.283. The molecular weight excluding hydrogens is 643 g/mol.